The molecule has 0 aliphatic heterocycles. The topological polar surface area (TPSA) is 110 Å². The molecule has 0 unspecified atom stereocenters. The highest BCUT2D eigenvalue weighted by Crippen LogP contribution is 2.34. The van der Waals surface area contributed by atoms with Crippen LogP contribution in [0.5, 0.6) is 0 Å². The van der Waals surface area contributed by atoms with Crippen LogP contribution < -0.4 is 17.0 Å². The molecule has 0 fully saturated rings. The lowest BCUT2D eigenvalue weighted by Crippen LogP contribution is -2.39. The average Bonchev–Trinajstić information content (AvgIpc) is 3.05. The standard InChI is InChI=1S/C19H24N4O4/c1-22(14-8-7-12-5-3-4-6-13(12)14)11-15(24)16-17(20)23(9-10-27-2)19(26)21-18(16)25/h3-6,14H,7-11,20H2,1-2H3,(H,21,25,26)/t14-/m0/s1. The molecule has 8 nitrogen and oxygen atoms in total. The minimum Gasteiger partial charge on any atom is -0.384 e. The summed E-state index contributed by atoms with van der Waals surface area (Å²) in [7, 11) is 3.35. The number of nitrogens with two attached hydrogens (primary N) is 1. The predicted octanol–water partition coefficient (Wildman–Crippen LogP) is 0.567. The highest BCUT2D eigenvalue weighted by Gasteiger charge is 2.28. The number of hydrogen-bond donors (Lipinski definition) is 2. The zero-order valence-electron chi connectivity index (χ0n) is 15.5. The van der Waals surface area contributed by atoms with Crippen LogP contribution in [0.4, 0.5) is 5.82 Å². The van der Waals surface area contributed by atoms with Crippen molar-refractivity contribution in [2.75, 3.05) is 33.0 Å². The number of likely N-dealkylation sites (N-methyl/N-ethyl adjacent to an activating group) is 1. The number of nitrogens with zero attached hydrogens (tertiary/aromatic N) is 2. The first-order chi connectivity index (χ1) is 12.9. The van der Waals surface area contributed by atoms with Crippen LogP contribution in [0.15, 0.2) is 33.9 Å². The SMILES string of the molecule is COCCn1c(N)c(C(=O)CN(C)[C@H]2CCc3ccccc32)c(=O)[nH]c1=O. The number of fused-ring (bicyclic) bond motifs is 1. The van der Waals surface area contributed by atoms with Crippen LogP contribution in [0, 0.1) is 0 Å². The first kappa shape index (κ1) is 19.1. The Bertz CT molecular complexity index is 963. The Kier molecular flexibility index (Phi) is 5.57. The molecule has 1 aromatic carbocycles. The number of aryl methyl sites for hydroxylation is 1. The molecule has 1 aromatic heterocycles. The molecule has 27 heavy (non-hydrogen) atoms. The molecule has 1 aliphatic carbocycles. The molecule has 8 heteroatoms. The number of methoxy groups -OCH3 is 1. The first-order valence-electron chi connectivity index (χ1n) is 8.86. The molecule has 0 saturated heterocycles. The summed E-state index contributed by atoms with van der Waals surface area (Å²) in [6.07, 6.45) is 1.88. The largest absolute Gasteiger partial charge is 0.384 e. The van der Waals surface area contributed by atoms with Crippen LogP contribution in [-0.2, 0) is 17.7 Å². The van der Waals surface area contributed by atoms with Gasteiger partial charge in [-0.15, -0.1) is 0 Å². The van der Waals surface area contributed by atoms with Gasteiger partial charge in [-0.3, -0.25) is 24.0 Å². The second-order valence-corrected chi connectivity index (χ2v) is 6.76. The minimum atomic E-state index is -0.753. The van der Waals surface area contributed by atoms with Gasteiger partial charge in [-0.05, 0) is 31.0 Å². The Morgan fingerprint density at radius 3 is 2.85 bits per heavy atom. The molecule has 0 saturated carbocycles. The Labute approximate surface area is 156 Å². The number of benzene rings is 1. The number of carbonyl (C=O) groups is 1. The molecule has 3 N–H and O–H groups in total. The number of ketones is 1. The van der Waals surface area contributed by atoms with Crippen LogP contribution in [0.1, 0.15) is 33.9 Å². The Balaban J connectivity index is 1.84. The maximum Gasteiger partial charge on any atom is 0.330 e. The van der Waals surface area contributed by atoms with Gasteiger partial charge in [0.2, 0.25) is 0 Å². The van der Waals surface area contributed by atoms with Gasteiger partial charge in [-0.2, -0.15) is 0 Å². The highest BCUT2D eigenvalue weighted by atomic mass is 16.5. The first-order valence-corrected chi connectivity index (χ1v) is 8.86. The van der Waals surface area contributed by atoms with Crippen LogP contribution >= 0.6 is 0 Å². The van der Waals surface area contributed by atoms with E-state index in [1.54, 1.807) is 0 Å². The van der Waals surface area contributed by atoms with Gasteiger partial charge in [0, 0.05) is 13.2 Å². The van der Waals surface area contributed by atoms with E-state index in [4.69, 9.17) is 10.5 Å². The molecule has 0 radical (unpaired) electrons. The van der Waals surface area contributed by atoms with Crippen LogP contribution in [0.2, 0.25) is 0 Å². The number of nitrogens with one attached hydrogen (secondary N) is 1. The third-order valence-electron chi connectivity index (χ3n) is 5.06. The number of hydrogen-bond acceptors (Lipinski definition) is 6. The third-order valence-corrected chi connectivity index (χ3v) is 5.06. The molecule has 0 bridgehead atoms. The van der Waals surface area contributed by atoms with Crippen molar-refractivity contribution < 1.29 is 9.53 Å². The van der Waals surface area contributed by atoms with Crippen molar-refractivity contribution in [1.82, 2.24) is 14.5 Å². The fraction of sp³-hybridized carbons (Fsp3) is 0.421. The lowest BCUT2D eigenvalue weighted by Gasteiger charge is -2.24. The number of aromatic nitrogens is 2. The van der Waals surface area contributed by atoms with Crippen molar-refractivity contribution in [2.24, 2.45) is 0 Å². The predicted molar refractivity (Wildman–Crippen MR) is 102 cm³/mol. The van der Waals surface area contributed by atoms with E-state index < -0.39 is 17.0 Å². The summed E-state index contributed by atoms with van der Waals surface area (Å²) in [5.41, 5.74) is 6.89. The van der Waals surface area contributed by atoms with Gasteiger partial charge in [0.25, 0.3) is 5.56 Å². The number of H-pyrrole nitrogens is 1. The highest BCUT2D eigenvalue weighted by molar-refractivity contribution is 6.01. The smallest absolute Gasteiger partial charge is 0.330 e. The summed E-state index contributed by atoms with van der Waals surface area (Å²) in [5.74, 6) is -0.530. The van der Waals surface area contributed by atoms with E-state index in [9.17, 15) is 14.4 Å². The van der Waals surface area contributed by atoms with Crippen molar-refractivity contribution >= 4 is 11.6 Å². The zero-order chi connectivity index (χ0) is 19.6. The number of nitrogen functional groups attached to an aromatic ring is 1. The second kappa shape index (κ2) is 7.89. The molecule has 144 valence electrons. The van der Waals surface area contributed by atoms with Gasteiger partial charge >= 0.3 is 5.69 Å². The lowest BCUT2D eigenvalue weighted by atomic mass is 10.1. The quantitative estimate of drug-likeness (QED) is 0.688. The maximum atomic E-state index is 12.8. The minimum absolute atomic E-state index is 0.0365. The molecule has 0 amide bonds. The number of carbonyl (C=O) groups excluding carboxylic acids is 1. The normalized spacial score (nSPS) is 15.9. The van der Waals surface area contributed by atoms with Crippen molar-refractivity contribution in [3.05, 3.63) is 61.8 Å². The van der Waals surface area contributed by atoms with E-state index in [0.29, 0.717) is 0 Å². The van der Waals surface area contributed by atoms with Gasteiger partial charge in [0.05, 0.1) is 19.7 Å². The number of anilines is 1. The Morgan fingerprint density at radius 2 is 2.11 bits per heavy atom. The summed E-state index contributed by atoms with van der Waals surface area (Å²) < 4.78 is 6.11. The second-order valence-electron chi connectivity index (χ2n) is 6.76. The summed E-state index contributed by atoms with van der Waals surface area (Å²) in [5, 5.41) is 0. The van der Waals surface area contributed by atoms with Gasteiger partial charge in [0.1, 0.15) is 11.4 Å². The fourth-order valence-electron chi connectivity index (χ4n) is 3.67. The number of ether oxygens (including phenoxy) is 1. The van der Waals surface area contributed by atoms with E-state index >= 15 is 0 Å². The van der Waals surface area contributed by atoms with Crippen molar-refractivity contribution in [1.29, 1.82) is 0 Å². The molecule has 2 aromatic rings. The summed E-state index contributed by atoms with van der Waals surface area (Å²) >= 11 is 0. The lowest BCUT2D eigenvalue weighted by molar-refractivity contribution is 0.0917. The zero-order valence-corrected chi connectivity index (χ0v) is 15.5. The van der Waals surface area contributed by atoms with Crippen LogP contribution in [0.25, 0.3) is 0 Å². The van der Waals surface area contributed by atoms with E-state index in [2.05, 4.69) is 17.1 Å². The van der Waals surface area contributed by atoms with Gasteiger partial charge < -0.3 is 10.5 Å². The average molecular weight is 372 g/mol. The summed E-state index contributed by atoms with van der Waals surface area (Å²) in [6.45, 7) is 0.432. The van der Waals surface area contributed by atoms with Crippen molar-refractivity contribution in [3.8, 4) is 0 Å². The van der Waals surface area contributed by atoms with E-state index in [-0.39, 0.29) is 37.1 Å². The fourth-order valence-corrected chi connectivity index (χ4v) is 3.67. The molecular formula is C19H24N4O4. The van der Waals surface area contributed by atoms with Crippen molar-refractivity contribution in [2.45, 2.75) is 25.4 Å². The number of aromatic amines is 1. The third kappa shape index (κ3) is 3.72. The molecule has 1 atom stereocenters. The van der Waals surface area contributed by atoms with E-state index in [1.165, 1.54) is 18.2 Å². The monoisotopic (exact) mass is 372 g/mol. The number of rotatable bonds is 7. The molecule has 1 aliphatic rings. The van der Waals surface area contributed by atoms with E-state index in [0.717, 1.165) is 17.4 Å². The van der Waals surface area contributed by atoms with E-state index in [1.807, 2.05) is 24.1 Å². The molecule has 1 heterocycles. The summed E-state index contributed by atoms with van der Waals surface area (Å²) in [4.78, 5) is 41.1. The van der Waals surface area contributed by atoms with Crippen LogP contribution in [0.3, 0.4) is 0 Å². The van der Waals surface area contributed by atoms with Gasteiger partial charge in [-0.1, -0.05) is 24.3 Å². The van der Waals surface area contributed by atoms with Gasteiger partial charge in [0.15, 0.2) is 5.78 Å². The van der Waals surface area contributed by atoms with Crippen LogP contribution in [-0.4, -0.2) is 47.5 Å². The summed E-state index contributed by atoms with van der Waals surface area (Å²) in [6, 6.07) is 8.28. The van der Waals surface area contributed by atoms with Gasteiger partial charge in [-0.25, -0.2) is 4.79 Å². The Morgan fingerprint density at radius 1 is 1.37 bits per heavy atom. The molecular weight excluding hydrogens is 348 g/mol. The molecule has 3 rings (SSSR count). The Hall–Kier alpha value is -2.71. The molecule has 0 spiro atoms. The number of Topliss-reactive ketones (excluding diaryl/α,β-unsaturated/α-hetero) is 1. The maximum absolute atomic E-state index is 12.8. The van der Waals surface area contributed by atoms with Crippen molar-refractivity contribution in [3.63, 3.8) is 0 Å².